The third-order valence-electron chi connectivity index (χ3n) is 5.28. The van der Waals surface area contributed by atoms with Gasteiger partial charge >= 0.3 is 0 Å². The van der Waals surface area contributed by atoms with E-state index in [1.807, 2.05) is 0 Å². The maximum absolute atomic E-state index is 4.84. The van der Waals surface area contributed by atoms with Crippen LogP contribution in [0, 0.1) is 0 Å². The van der Waals surface area contributed by atoms with Gasteiger partial charge in [-0.25, -0.2) is 0 Å². The van der Waals surface area contributed by atoms with Gasteiger partial charge in [-0.3, -0.25) is 4.99 Å². The quantitative estimate of drug-likeness (QED) is 0.308. The van der Waals surface area contributed by atoms with Gasteiger partial charge in [0, 0.05) is 51.0 Å². The van der Waals surface area contributed by atoms with Crippen LogP contribution in [0.15, 0.2) is 34.2 Å². The van der Waals surface area contributed by atoms with Crippen molar-refractivity contribution in [2.24, 2.45) is 4.99 Å². The molecule has 6 nitrogen and oxygen atoms in total. The molecule has 7 heteroatoms. The molecule has 2 heterocycles. The Morgan fingerprint density at radius 1 is 1.21 bits per heavy atom. The second-order valence-electron chi connectivity index (χ2n) is 7.54. The van der Waals surface area contributed by atoms with Gasteiger partial charge < -0.3 is 14.8 Å². The van der Waals surface area contributed by atoms with Crippen LogP contribution in [0.3, 0.4) is 0 Å². The lowest BCUT2D eigenvalue weighted by molar-refractivity contribution is 0.476. The van der Waals surface area contributed by atoms with Gasteiger partial charge in [0.1, 0.15) is 11.6 Å². The Balaban J connectivity index is 1.54. The highest BCUT2D eigenvalue weighted by Crippen LogP contribution is 2.16. The molecule has 0 aliphatic carbocycles. The SMILES string of the molecule is CCNC(=NCCCc1nnc2n1CCCCC2)N(C)Cc1ccc(SC)cc1. The monoisotopic (exact) mass is 414 g/mol. The lowest BCUT2D eigenvalue weighted by Gasteiger charge is -2.22. The van der Waals surface area contributed by atoms with Crippen molar-refractivity contribution < 1.29 is 0 Å². The number of thioether (sulfide) groups is 1. The van der Waals surface area contributed by atoms with E-state index in [0.717, 1.165) is 57.2 Å². The third-order valence-corrected chi connectivity index (χ3v) is 6.03. The van der Waals surface area contributed by atoms with Crippen molar-refractivity contribution >= 4 is 17.7 Å². The van der Waals surface area contributed by atoms with Gasteiger partial charge in [0.2, 0.25) is 0 Å². The molecular weight excluding hydrogens is 380 g/mol. The smallest absolute Gasteiger partial charge is 0.193 e. The predicted octanol–water partition coefficient (Wildman–Crippen LogP) is 3.76. The molecule has 1 N–H and O–H groups in total. The Kier molecular flexibility index (Phi) is 8.40. The number of guanidine groups is 1. The van der Waals surface area contributed by atoms with Crippen LogP contribution < -0.4 is 5.32 Å². The molecule has 158 valence electrons. The van der Waals surface area contributed by atoms with E-state index in [2.05, 4.69) is 69.5 Å². The summed E-state index contributed by atoms with van der Waals surface area (Å²) in [6, 6.07) is 8.75. The Hall–Kier alpha value is -2.02. The van der Waals surface area contributed by atoms with Gasteiger partial charge in [-0.2, -0.15) is 0 Å². The van der Waals surface area contributed by atoms with Crippen molar-refractivity contribution in [2.75, 3.05) is 26.4 Å². The summed E-state index contributed by atoms with van der Waals surface area (Å²) in [5, 5.41) is 12.3. The molecule has 3 rings (SSSR count). The van der Waals surface area contributed by atoms with Crippen LogP contribution in [0.1, 0.15) is 49.8 Å². The average Bonchev–Trinajstić information content (AvgIpc) is 2.96. The molecule has 1 aromatic carbocycles. The zero-order chi connectivity index (χ0) is 20.5. The average molecular weight is 415 g/mol. The first-order chi connectivity index (χ1) is 14.2. The fourth-order valence-corrected chi connectivity index (χ4v) is 4.11. The molecule has 0 saturated carbocycles. The van der Waals surface area contributed by atoms with Gasteiger partial charge in [0.05, 0.1) is 0 Å². The first-order valence-corrected chi connectivity index (χ1v) is 12.0. The fraction of sp³-hybridized carbons (Fsp3) is 0.591. The summed E-state index contributed by atoms with van der Waals surface area (Å²) in [5.41, 5.74) is 1.29. The number of fused-ring (bicyclic) bond motifs is 1. The number of nitrogens with one attached hydrogen (secondary N) is 1. The van der Waals surface area contributed by atoms with Crippen molar-refractivity contribution in [2.45, 2.75) is 63.4 Å². The Morgan fingerprint density at radius 2 is 2.03 bits per heavy atom. The van der Waals surface area contributed by atoms with Crippen molar-refractivity contribution in [1.82, 2.24) is 25.0 Å². The molecule has 2 aromatic rings. The zero-order valence-corrected chi connectivity index (χ0v) is 18.8. The van der Waals surface area contributed by atoms with Crippen LogP contribution in [0.4, 0.5) is 0 Å². The van der Waals surface area contributed by atoms with Gasteiger partial charge in [-0.1, -0.05) is 18.6 Å². The largest absolute Gasteiger partial charge is 0.357 e. The van der Waals surface area contributed by atoms with E-state index in [1.165, 1.54) is 35.5 Å². The molecule has 0 radical (unpaired) electrons. The minimum atomic E-state index is 0.792. The Labute approximate surface area is 179 Å². The maximum Gasteiger partial charge on any atom is 0.193 e. The molecule has 1 aliphatic rings. The summed E-state index contributed by atoms with van der Waals surface area (Å²) < 4.78 is 2.34. The summed E-state index contributed by atoms with van der Waals surface area (Å²) in [4.78, 5) is 8.33. The number of nitrogens with zero attached hydrogens (tertiary/aromatic N) is 5. The number of aliphatic imine (C=N–C) groups is 1. The van der Waals surface area contributed by atoms with Crippen LogP contribution in [0.2, 0.25) is 0 Å². The summed E-state index contributed by atoms with van der Waals surface area (Å²) in [5.74, 6) is 3.26. The highest BCUT2D eigenvalue weighted by atomic mass is 32.2. The van der Waals surface area contributed by atoms with Crippen molar-refractivity contribution in [3.8, 4) is 0 Å². The molecule has 0 fully saturated rings. The first kappa shape index (κ1) is 21.7. The van der Waals surface area contributed by atoms with Crippen LogP contribution in [0.25, 0.3) is 0 Å². The lowest BCUT2D eigenvalue weighted by atomic mass is 10.2. The Morgan fingerprint density at radius 3 is 2.79 bits per heavy atom. The maximum atomic E-state index is 4.84. The minimum Gasteiger partial charge on any atom is -0.357 e. The molecule has 1 aliphatic heterocycles. The number of benzene rings is 1. The molecular formula is C22H34N6S. The topological polar surface area (TPSA) is 58.3 Å². The van der Waals surface area contributed by atoms with Crippen LogP contribution in [0.5, 0.6) is 0 Å². The number of aryl methyl sites for hydroxylation is 2. The molecule has 0 amide bonds. The summed E-state index contributed by atoms with van der Waals surface area (Å²) in [7, 11) is 2.10. The molecule has 0 atom stereocenters. The van der Waals surface area contributed by atoms with Gasteiger partial charge in [-0.05, 0) is 50.1 Å². The van der Waals surface area contributed by atoms with E-state index in [9.17, 15) is 0 Å². The molecule has 0 unspecified atom stereocenters. The number of aromatic nitrogens is 3. The zero-order valence-electron chi connectivity index (χ0n) is 18.0. The normalized spacial score (nSPS) is 14.4. The van der Waals surface area contributed by atoms with E-state index < -0.39 is 0 Å². The molecule has 0 spiro atoms. The van der Waals surface area contributed by atoms with E-state index in [4.69, 9.17) is 4.99 Å². The Bertz CT molecular complexity index is 783. The highest BCUT2D eigenvalue weighted by molar-refractivity contribution is 7.98. The number of hydrogen-bond acceptors (Lipinski definition) is 4. The van der Waals surface area contributed by atoms with Crippen LogP contribution in [-0.2, 0) is 25.9 Å². The van der Waals surface area contributed by atoms with Crippen LogP contribution >= 0.6 is 11.8 Å². The van der Waals surface area contributed by atoms with Crippen molar-refractivity contribution in [1.29, 1.82) is 0 Å². The van der Waals surface area contributed by atoms with E-state index >= 15 is 0 Å². The van der Waals surface area contributed by atoms with Crippen molar-refractivity contribution in [3.63, 3.8) is 0 Å². The fourth-order valence-electron chi connectivity index (χ4n) is 3.70. The van der Waals surface area contributed by atoms with Gasteiger partial charge in [0.15, 0.2) is 5.96 Å². The van der Waals surface area contributed by atoms with Crippen LogP contribution in [-0.4, -0.2) is 52.0 Å². The van der Waals surface area contributed by atoms with E-state index in [-0.39, 0.29) is 0 Å². The van der Waals surface area contributed by atoms with Gasteiger partial charge in [-0.15, -0.1) is 22.0 Å². The van der Waals surface area contributed by atoms with Gasteiger partial charge in [0.25, 0.3) is 0 Å². The molecule has 0 bridgehead atoms. The minimum absolute atomic E-state index is 0.792. The van der Waals surface area contributed by atoms with E-state index in [1.54, 1.807) is 11.8 Å². The van der Waals surface area contributed by atoms with E-state index in [0.29, 0.717) is 0 Å². The number of hydrogen-bond donors (Lipinski definition) is 1. The second-order valence-corrected chi connectivity index (χ2v) is 8.42. The first-order valence-electron chi connectivity index (χ1n) is 10.7. The van der Waals surface area contributed by atoms with Crippen molar-refractivity contribution in [3.05, 3.63) is 41.5 Å². The number of rotatable bonds is 8. The standard InChI is InChI=1S/C22H34N6S/c1-4-23-22(27(2)17-18-11-13-19(29-3)14-12-18)24-15-8-10-21-26-25-20-9-6-5-7-16-28(20)21/h11-14H,4-10,15-17H2,1-3H3,(H,23,24). The third kappa shape index (κ3) is 6.23. The molecule has 1 aromatic heterocycles. The second kappa shape index (κ2) is 11.2. The predicted molar refractivity (Wildman–Crippen MR) is 122 cm³/mol. The lowest BCUT2D eigenvalue weighted by Crippen LogP contribution is -2.38. The summed E-state index contributed by atoms with van der Waals surface area (Å²) in [6.07, 6.45) is 8.88. The summed E-state index contributed by atoms with van der Waals surface area (Å²) in [6.45, 7) is 5.69. The summed E-state index contributed by atoms with van der Waals surface area (Å²) >= 11 is 1.77. The molecule has 29 heavy (non-hydrogen) atoms. The highest BCUT2D eigenvalue weighted by Gasteiger charge is 2.14. The molecule has 0 saturated heterocycles.